The van der Waals surface area contributed by atoms with Gasteiger partial charge in [-0.2, -0.15) is 0 Å². The third-order valence-electron chi connectivity index (χ3n) is 1.11. The Balaban J connectivity index is 0. The van der Waals surface area contributed by atoms with Crippen molar-refractivity contribution in [1.82, 2.24) is 5.32 Å². The van der Waals surface area contributed by atoms with Crippen molar-refractivity contribution in [3.63, 3.8) is 0 Å². The largest absolute Gasteiger partial charge is 0.359 e. The zero-order valence-corrected chi connectivity index (χ0v) is 7.20. The SMILES string of the molecule is CNC(=O)CCC(C)N.Cl. The molecule has 1 atom stereocenters. The van der Waals surface area contributed by atoms with Gasteiger partial charge in [0.2, 0.25) is 5.91 Å². The Morgan fingerprint density at radius 3 is 2.50 bits per heavy atom. The van der Waals surface area contributed by atoms with E-state index >= 15 is 0 Å². The predicted octanol–water partition coefficient (Wildman–Crippen LogP) is 0.282. The fraction of sp³-hybridized carbons (Fsp3) is 0.833. The fourth-order valence-corrected chi connectivity index (χ4v) is 0.484. The highest BCUT2D eigenvalue weighted by Gasteiger charge is 1.98. The van der Waals surface area contributed by atoms with Crippen LogP contribution in [0.5, 0.6) is 0 Å². The zero-order valence-electron chi connectivity index (χ0n) is 6.39. The normalized spacial score (nSPS) is 11.5. The summed E-state index contributed by atoms with van der Waals surface area (Å²) < 4.78 is 0. The topological polar surface area (TPSA) is 55.1 Å². The summed E-state index contributed by atoms with van der Waals surface area (Å²) in [4.78, 5) is 10.5. The lowest BCUT2D eigenvalue weighted by molar-refractivity contribution is -0.120. The molecule has 62 valence electrons. The van der Waals surface area contributed by atoms with Gasteiger partial charge in [0, 0.05) is 19.5 Å². The first-order valence-electron chi connectivity index (χ1n) is 3.13. The molecule has 0 aliphatic heterocycles. The summed E-state index contributed by atoms with van der Waals surface area (Å²) in [5.74, 6) is 0.0623. The molecule has 3 N–H and O–H groups in total. The van der Waals surface area contributed by atoms with Crippen molar-refractivity contribution >= 4 is 18.3 Å². The molecule has 0 bridgehead atoms. The third kappa shape index (κ3) is 7.72. The molecule has 0 aromatic carbocycles. The number of hydrogen-bond acceptors (Lipinski definition) is 2. The Bertz CT molecular complexity index is 95.7. The second-order valence-electron chi connectivity index (χ2n) is 2.19. The number of hydrogen-bond donors (Lipinski definition) is 2. The quantitative estimate of drug-likeness (QED) is 0.633. The van der Waals surface area contributed by atoms with Gasteiger partial charge in [0.1, 0.15) is 0 Å². The molecule has 3 nitrogen and oxygen atoms in total. The van der Waals surface area contributed by atoms with Crippen LogP contribution < -0.4 is 11.1 Å². The molecule has 0 aliphatic rings. The minimum atomic E-state index is 0. The highest BCUT2D eigenvalue weighted by Crippen LogP contribution is 1.91. The van der Waals surface area contributed by atoms with E-state index in [0.717, 1.165) is 6.42 Å². The Morgan fingerprint density at radius 2 is 2.20 bits per heavy atom. The number of carbonyl (C=O) groups is 1. The Hall–Kier alpha value is -0.280. The van der Waals surface area contributed by atoms with E-state index in [0.29, 0.717) is 6.42 Å². The molecule has 0 saturated heterocycles. The van der Waals surface area contributed by atoms with Crippen molar-refractivity contribution in [3.05, 3.63) is 0 Å². The van der Waals surface area contributed by atoms with Gasteiger partial charge in [-0.25, -0.2) is 0 Å². The van der Waals surface area contributed by atoms with Crippen LogP contribution in [0.4, 0.5) is 0 Å². The molecular weight excluding hydrogens is 152 g/mol. The van der Waals surface area contributed by atoms with Gasteiger partial charge in [-0.15, -0.1) is 12.4 Å². The summed E-state index contributed by atoms with van der Waals surface area (Å²) >= 11 is 0. The van der Waals surface area contributed by atoms with E-state index in [-0.39, 0.29) is 24.4 Å². The van der Waals surface area contributed by atoms with Crippen LogP contribution in [0.15, 0.2) is 0 Å². The van der Waals surface area contributed by atoms with E-state index in [2.05, 4.69) is 5.32 Å². The second kappa shape index (κ2) is 6.83. The van der Waals surface area contributed by atoms with Crippen LogP contribution in [-0.2, 0) is 4.79 Å². The lowest BCUT2D eigenvalue weighted by atomic mass is 10.2. The first-order chi connectivity index (χ1) is 4.16. The van der Waals surface area contributed by atoms with Crippen molar-refractivity contribution in [1.29, 1.82) is 0 Å². The van der Waals surface area contributed by atoms with Crippen molar-refractivity contribution in [2.24, 2.45) is 5.73 Å². The van der Waals surface area contributed by atoms with Gasteiger partial charge in [0.05, 0.1) is 0 Å². The molecule has 0 spiro atoms. The monoisotopic (exact) mass is 166 g/mol. The van der Waals surface area contributed by atoms with E-state index < -0.39 is 0 Å². The van der Waals surface area contributed by atoms with Gasteiger partial charge in [0.25, 0.3) is 0 Å². The molecule has 10 heavy (non-hydrogen) atoms. The van der Waals surface area contributed by atoms with Crippen LogP contribution in [0, 0.1) is 0 Å². The maximum atomic E-state index is 10.5. The van der Waals surface area contributed by atoms with Crippen LogP contribution in [0.2, 0.25) is 0 Å². The minimum Gasteiger partial charge on any atom is -0.359 e. The van der Waals surface area contributed by atoms with E-state index in [1.54, 1.807) is 7.05 Å². The summed E-state index contributed by atoms with van der Waals surface area (Å²) in [6.45, 7) is 1.89. The molecule has 0 aliphatic carbocycles. The number of halogens is 1. The fourth-order valence-electron chi connectivity index (χ4n) is 0.484. The Kier molecular flexibility index (Phi) is 8.48. The summed E-state index contributed by atoms with van der Waals surface area (Å²) in [6, 6.07) is 0.127. The summed E-state index contributed by atoms with van der Waals surface area (Å²) in [5.41, 5.74) is 5.42. The molecule has 0 fully saturated rings. The molecule has 0 saturated carbocycles. The van der Waals surface area contributed by atoms with E-state index in [9.17, 15) is 4.79 Å². The molecule has 0 rings (SSSR count). The average Bonchev–Trinajstić information content (AvgIpc) is 1.83. The van der Waals surface area contributed by atoms with Crippen molar-refractivity contribution in [2.45, 2.75) is 25.8 Å². The first-order valence-corrected chi connectivity index (χ1v) is 3.13. The van der Waals surface area contributed by atoms with Gasteiger partial charge in [-0.05, 0) is 13.3 Å². The Labute approximate surface area is 67.8 Å². The van der Waals surface area contributed by atoms with Crippen LogP contribution >= 0.6 is 12.4 Å². The molecule has 0 heterocycles. The van der Waals surface area contributed by atoms with Crippen LogP contribution in [0.1, 0.15) is 19.8 Å². The van der Waals surface area contributed by atoms with Crippen LogP contribution in [0.25, 0.3) is 0 Å². The van der Waals surface area contributed by atoms with Crippen molar-refractivity contribution in [3.8, 4) is 0 Å². The summed E-state index contributed by atoms with van der Waals surface area (Å²) in [5, 5.41) is 2.53. The third-order valence-corrected chi connectivity index (χ3v) is 1.11. The zero-order chi connectivity index (χ0) is 7.28. The molecular formula is C6H15ClN2O. The maximum Gasteiger partial charge on any atom is 0.219 e. The maximum absolute atomic E-state index is 10.5. The van der Waals surface area contributed by atoms with E-state index in [1.165, 1.54) is 0 Å². The predicted molar refractivity (Wildman–Crippen MR) is 44.2 cm³/mol. The molecule has 1 unspecified atom stereocenters. The van der Waals surface area contributed by atoms with Gasteiger partial charge in [0.15, 0.2) is 0 Å². The van der Waals surface area contributed by atoms with Crippen LogP contribution in [0.3, 0.4) is 0 Å². The van der Waals surface area contributed by atoms with Gasteiger partial charge < -0.3 is 11.1 Å². The second-order valence-corrected chi connectivity index (χ2v) is 2.19. The molecule has 4 heteroatoms. The lowest BCUT2D eigenvalue weighted by Crippen LogP contribution is -2.22. The number of nitrogens with one attached hydrogen (secondary N) is 1. The van der Waals surface area contributed by atoms with Gasteiger partial charge in [-0.1, -0.05) is 0 Å². The number of rotatable bonds is 3. The van der Waals surface area contributed by atoms with E-state index in [1.807, 2.05) is 6.92 Å². The molecule has 0 aromatic rings. The Morgan fingerprint density at radius 1 is 1.70 bits per heavy atom. The van der Waals surface area contributed by atoms with Gasteiger partial charge >= 0.3 is 0 Å². The number of amides is 1. The van der Waals surface area contributed by atoms with E-state index in [4.69, 9.17) is 5.73 Å². The van der Waals surface area contributed by atoms with Crippen molar-refractivity contribution in [2.75, 3.05) is 7.05 Å². The van der Waals surface area contributed by atoms with Crippen LogP contribution in [-0.4, -0.2) is 19.0 Å². The number of carbonyl (C=O) groups excluding carboxylic acids is 1. The van der Waals surface area contributed by atoms with Gasteiger partial charge in [-0.3, -0.25) is 4.79 Å². The number of nitrogens with two attached hydrogens (primary N) is 1. The summed E-state index contributed by atoms with van der Waals surface area (Å²) in [6.07, 6.45) is 1.30. The average molecular weight is 167 g/mol. The standard InChI is InChI=1S/C6H14N2O.ClH/c1-5(7)3-4-6(9)8-2;/h5H,3-4,7H2,1-2H3,(H,8,9);1H. The molecule has 0 radical (unpaired) electrons. The van der Waals surface area contributed by atoms with Crippen molar-refractivity contribution < 1.29 is 4.79 Å². The minimum absolute atomic E-state index is 0. The lowest BCUT2D eigenvalue weighted by Gasteiger charge is -2.01. The molecule has 0 aromatic heterocycles. The molecule has 1 amide bonds. The smallest absolute Gasteiger partial charge is 0.219 e. The summed E-state index contributed by atoms with van der Waals surface area (Å²) in [7, 11) is 1.63. The first kappa shape index (κ1) is 12.4. The highest BCUT2D eigenvalue weighted by atomic mass is 35.5. The highest BCUT2D eigenvalue weighted by molar-refractivity contribution is 5.85.